The fourth-order valence-corrected chi connectivity index (χ4v) is 4.66. The van der Waals surface area contributed by atoms with Crippen LogP contribution in [0.1, 0.15) is 23.6 Å². The Kier molecular flexibility index (Phi) is 8.45. The molecule has 9 nitrogen and oxygen atoms in total. The molecule has 0 saturated heterocycles. The summed E-state index contributed by atoms with van der Waals surface area (Å²) in [6, 6.07) is 12.8. The molecule has 1 N–H and O–H groups in total. The summed E-state index contributed by atoms with van der Waals surface area (Å²) in [6.07, 6.45) is 1.32. The SMILES string of the molecule is CCS(=O)(=O)c1nsc(NC(=O)C(C#N)=Cc2cc(Cl)c(OCc3ccc(C)cc3)c(OC)c2)n1. The molecule has 0 aliphatic rings. The summed E-state index contributed by atoms with van der Waals surface area (Å²) >= 11 is 7.11. The lowest BCUT2D eigenvalue weighted by Gasteiger charge is -2.14. The largest absolute Gasteiger partial charge is 0.493 e. The van der Waals surface area contributed by atoms with E-state index in [1.165, 1.54) is 26.2 Å². The number of nitrogens with one attached hydrogen (secondary N) is 1. The van der Waals surface area contributed by atoms with E-state index in [-0.39, 0.29) is 33.2 Å². The number of nitriles is 1. The van der Waals surface area contributed by atoms with Crippen LogP contribution in [0.4, 0.5) is 5.13 Å². The first-order valence-electron chi connectivity index (χ1n) is 10.2. The van der Waals surface area contributed by atoms with Crippen LogP contribution < -0.4 is 14.8 Å². The Bertz CT molecular complexity index is 1410. The van der Waals surface area contributed by atoms with Gasteiger partial charge in [0.05, 0.1) is 17.9 Å². The predicted octanol–water partition coefficient (Wildman–Crippen LogP) is 4.43. The quantitative estimate of drug-likeness (QED) is 0.316. The molecule has 0 unspecified atom stereocenters. The molecule has 0 bridgehead atoms. The number of benzene rings is 2. The smallest absolute Gasteiger partial charge is 0.268 e. The van der Waals surface area contributed by atoms with Crippen LogP contribution in [0.2, 0.25) is 5.02 Å². The molecule has 0 atom stereocenters. The highest BCUT2D eigenvalue weighted by atomic mass is 35.5. The van der Waals surface area contributed by atoms with Crippen LogP contribution in [0.3, 0.4) is 0 Å². The predicted molar refractivity (Wildman–Crippen MR) is 133 cm³/mol. The maximum atomic E-state index is 12.6. The monoisotopic (exact) mass is 532 g/mol. The van der Waals surface area contributed by atoms with Crippen molar-refractivity contribution in [1.82, 2.24) is 9.36 Å². The zero-order valence-electron chi connectivity index (χ0n) is 19.0. The van der Waals surface area contributed by atoms with Crippen LogP contribution in [-0.4, -0.2) is 36.5 Å². The van der Waals surface area contributed by atoms with Crippen molar-refractivity contribution in [1.29, 1.82) is 5.26 Å². The number of aromatic nitrogens is 2. The van der Waals surface area contributed by atoms with Gasteiger partial charge in [0.15, 0.2) is 11.5 Å². The third kappa shape index (κ3) is 6.57. The molecule has 0 spiro atoms. The Morgan fingerprint density at radius 3 is 2.63 bits per heavy atom. The molecule has 1 aromatic heterocycles. The average Bonchev–Trinajstić information content (AvgIpc) is 3.31. The second-order valence-electron chi connectivity index (χ2n) is 7.22. The fraction of sp³-hybridized carbons (Fsp3) is 0.217. The molecule has 0 aliphatic heterocycles. The minimum absolute atomic E-state index is 0.0429. The number of sulfone groups is 1. The van der Waals surface area contributed by atoms with Crippen LogP contribution in [0.25, 0.3) is 6.08 Å². The third-order valence-corrected chi connectivity index (χ3v) is 7.24. The standard InChI is InChI=1S/C23H21ClN4O5S2/c1-4-35(30,31)23-27-22(34-28-23)26-21(29)17(12-25)9-16-10-18(24)20(19(11-16)32-3)33-13-15-7-5-14(2)6-8-15/h5-11H,4,13H2,1-3H3,(H,26,27,28,29). The van der Waals surface area contributed by atoms with Gasteiger partial charge in [-0.15, -0.1) is 0 Å². The number of carbonyl (C=O) groups is 1. The van der Waals surface area contributed by atoms with E-state index in [4.69, 9.17) is 21.1 Å². The van der Waals surface area contributed by atoms with E-state index in [2.05, 4.69) is 14.7 Å². The molecule has 1 amide bonds. The van der Waals surface area contributed by atoms with E-state index < -0.39 is 15.7 Å². The van der Waals surface area contributed by atoms with Gasteiger partial charge in [-0.2, -0.15) is 14.6 Å². The van der Waals surface area contributed by atoms with Crippen molar-refractivity contribution >= 4 is 50.1 Å². The Hall–Kier alpha value is -3.46. The molecular weight excluding hydrogens is 512 g/mol. The number of halogens is 1. The number of anilines is 1. The summed E-state index contributed by atoms with van der Waals surface area (Å²) in [5, 5.41) is 11.7. The highest BCUT2D eigenvalue weighted by Gasteiger charge is 2.20. The van der Waals surface area contributed by atoms with Gasteiger partial charge in [-0.1, -0.05) is 48.4 Å². The van der Waals surface area contributed by atoms with Crippen molar-refractivity contribution in [3.63, 3.8) is 0 Å². The number of ether oxygens (including phenoxy) is 2. The molecule has 12 heteroatoms. The minimum Gasteiger partial charge on any atom is -0.493 e. The highest BCUT2D eigenvalue weighted by Crippen LogP contribution is 2.37. The summed E-state index contributed by atoms with van der Waals surface area (Å²) in [5.74, 6) is -0.298. The van der Waals surface area contributed by atoms with Crippen molar-refractivity contribution in [3.8, 4) is 17.6 Å². The lowest BCUT2D eigenvalue weighted by molar-refractivity contribution is -0.112. The zero-order valence-corrected chi connectivity index (χ0v) is 21.4. The van der Waals surface area contributed by atoms with Gasteiger partial charge in [0.2, 0.25) is 15.0 Å². The second-order valence-corrected chi connectivity index (χ2v) is 10.5. The van der Waals surface area contributed by atoms with E-state index in [0.29, 0.717) is 28.6 Å². The Labute approximate surface area is 212 Å². The molecule has 0 radical (unpaired) electrons. The number of rotatable bonds is 9. The number of amides is 1. The summed E-state index contributed by atoms with van der Waals surface area (Å²) < 4.78 is 38.7. The van der Waals surface area contributed by atoms with Crippen molar-refractivity contribution in [2.24, 2.45) is 0 Å². The first-order valence-corrected chi connectivity index (χ1v) is 13.0. The number of hydrogen-bond acceptors (Lipinski definition) is 9. The Morgan fingerprint density at radius 1 is 1.29 bits per heavy atom. The molecule has 3 aromatic rings. The summed E-state index contributed by atoms with van der Waals surface area (Å²) in [6.45, 7) is 3.73. The molecule has 2 aromatic carbocycles. The molecule has 0 fully saturated rings. The number of methoxy groups -OCH3 is 1. The van der Waals surface area contributed by atoms with Crippen LogP contribution in [0, 0.1) is 18.3 Å². The van der Waals surface area contributed by atoms with E-state index in [9.17, 15) is 18.5 Å². The highest BCUT2D eigenvalue weighted by molar-refractivity contribution is 7.91. The van der Waals surface area contributed by atoms with Crippen LogP contribution >= 0.6 is 23.1 Å². The van der Waals surface area contributed by atoms with Gasteiger partial charge < -0.3 is 9.47 Å². The van der Waals surface area contributed by atoms with E-state index in [1.54, 1.807) is 6.07 Å². The average molecular weight is 533 g/mol. The van der Waals surface area contributed by atoms with E-state index >= 15 is 0 Å². The lowest BCUT2D eigenvalue weighted by Crippen LogP contribution is -2.13. The van der Waals surface area contributed by atoms with Crippen molar-refractivity contribution in [2.45, 2.75) is 25.6 Å². The molecule has 35 heavy (non-hydrogen) atoms. The molecular formula is C23H21ClN4O5S2. The minimum atomic E-state index is -3.61. The van der Waals surface area contributed by atoms with Crippen LogP contribution in [0.5, 0.6) is 11.5 Å². The van der Waals surface area contributed by atoms with Gasteiger partial charge in [0, 0.05) is 11.5 Å². The Balaban J connectivity index is 1.79. The van der Waals surface area contributed by atoms with Gasteiger partial charge in [0.1, 0.15) is 18.2 Å². The van der Waals surface area contributed by atoms with Gasteiger partial charge in [-0.05, 0) is 36.3 Å². The van der Waals surface area contributed by atoms with Gasteiger partial charge in [0.25, 0.3) is 11.1 Å². The third-order valence-electron chi connectivity index (χ3n) is 4.72. The van der Waals surface area contributed by atoms with Gasteiger partial charge >= 0.3 is 0 Å². The second kappa shape index (κ2) is 11.3. The topological polar surface area (TPSA) is 131 Å². The number of hydrogen-bond donors (Lipinski definition) is 1. The fourth-order valence-electron chi connectivity index (χ4n) is 2.80. The van der Waals surface area contributed by atoms with E-state index in [0.717, 1.165) is 11.1 Å². The number of nitrogens with zero attached hydrogens (tertiary/aromatic N) is 3. The Morgan fingerprint density at radius 2 is 2.00 bits per heavy atom. The maximum absolute atomic E-state index is 12.6. The first-order chi connectivity index (χ1) is 16.7. The lowest BCUT2D eigenvalue weighted by atomic mass is 10.1. The summed E-state index contributed by atoms with van der Waals surface area (Å²) in [4.78, 5) is 16.4. The number of aryl methyl sites for hydroxylation is 1. The van der Waals surface area contributed by atoms with Crippen molar-refractivity contribution in [3.05, 3.63) is 63.7 Å². The normalized spacial score (nSPS) is 11.6. The first kappa shape index (κ1) is 26.2. The molecule has 182 valence electrons. The molecule has 0 saturated carbocycles. The van der Waals surface area contributed by atoms with Gasteiger partial charge in [-0.25, -0.2) is 8.42 Å². The van der Waals surface area contributed by atoms with Crippen LogP contribution in [0.15, 0.2) is 47.1 Å². The zero-order chi connectivity index (χ0) is 25.6. The maximum Gasteiger partial charge on any atom is 0.268 e. The molecule has 3 rings (SSSR count). The number of carbonyl (C=O) groups excluding carboxylic acids is 1. The van der Waals surface area contributed by atoms with Gasteiger partial charge in [-0.3, -0.25) is 10.1 Å². The van der Waals surface area contributed by atoms with Crippen molar-refractivity contribution < 1.29 is 22.7 Å². The molecule has 1 heterocycles. The summed E-state index contributed by atoms with van der Waals surface area (Å²) in [7, 11) is -2.16. The summed E-state index contributed by atoms with van der Waals surface area (Å²) in [5.41, 5.74) is 2.25. The van der Waals surface area contributed by atoms with Crippen molar-refractivity contribution in [2.75, 3.05) is 18.2 Å². The van der Waals surface area contributed by atoms with Crippen LogP contribution in [-0.2, 0) is 21.2 Å². The van der Waals surface area contributed by atoms with E-state index in [1.807, 2.05) is 37.3 Å². The molecule has 0 aliphatic carbocycles.